The van der Waals surface area contributed by atoms with Gasteiger partial charge in [-0.15, -0.1) is 11.3 Å². The van der Waals surface area contributed by atoms with Gasteiger partial charge < -0.3 is 14.5 Å². The van der Waals surface area contributed by atoms with Crippen molar-refractivity contribution in [3.8, 4) is 0 Å². The van der Waals surface area contributed by atoms with E-state index >= 15 is 0 Å². The number of rotatable bonds is 4. The minimum absolute atomic E-state index is 0.0265. The van der Waals surface area contributed by atoms with Crippen LogP contribution in [0.5, 0.6) is 0 Å². The number of nitrogens with zero attached hydrogens (tertiary/aromatic N) is 3. The molecule has 27 heavy (non-hydrogen) atoms. The highest BCUT2D eigenvalue weighted by atomic mass is 32.1. The standard InChI is InChI=1S/C20H27N3O3S/c1-13-17(14(2)26-21-13)9-22-8-6-16-18(12-27-19(16)10-22)20(25)23-7-4-3-5-15(23)11-24/h12,15,24H,3-11H2,1-2H3/t15-/m1/s1. The highest BCUT2D eigenvalue weighted by Crippen LogP contribution is 2.32. The monoisotopic (exact) mass is 389 g/mol. The average Bonchev–Trinajstić information content (AvgIpc) is 3.25. The fraction of sp³-hybridized carbons (Fsp3) is 0.600. The quantitative estimate of drug-likeness (QED) is 0.871. The third-order valence-corrected chi connectivity index (χ3v) is 6.93. The number of thiophene rings is 1. The molecule has 1 fully saturated rings. The minimum atomic E-state index is -0.0265. The predicted octanol–water partition coefficient (Wildman–Crippen LogP) is 2.90. The molecule has 0 unspecified atom stereocenters. The van der Waals surface area contributed by atoms with Crippen molar-refractivity contribution in [2.24, 2.45) is 0 Å². The van der Waals surface area contributed by atoms with Gasteiger partial charge in [0.2, 0.25) is 0 Å². The third-order valence-electron chi connectivity index (χ3n) is 5.92. The zero-order valence-electron chi connectivity index (χ0n) is 16.0. The number of aliphatic hydroxyl groups is 1. The van der Waals surface area contributed by atoms with Gasteiger partial charge in [0.05, 0.1) is 23.9 Å². The van der Waals surface area contributed by atoms with E-state index in [2.05, 4.69) is 10.1 Å². The van der Waals surface area contributed by atoms with Gasteiger partial charge in [-0.3, -0.25) is 9.69 Å². The molecule has 1 amide bonds. The van der Waals surface area contributed by atoms with Gasteiger partial charge in [-0.05, 0) is 45.1 Å². The van der Waals surface area contributed by atoms with E-state index in [0.29, 0.717) is 0 Å². The number of aromatic nitrogens is 1. The molecule has 0 aromatic carbocycles. The molecule has 2 aliphatic heterocycles. The van der Waals surface area contributed by atoms with Crippen LogP contribution in [0.3, 0.4) is 0 Å². The molecule has 0 aliphatic carbocycles. The van der Waals surface area contributed by atoms with Crippen molar-refractivity contribution < 1.29 is 14.4 Å². The van der Waals surface area contributed by atoms with Crippen molar-refractivity contribution in [3.05, 3.63) is 38.4 Å². The predicted molar refractivity (Wildman–Crippen MR) is 104 cm³/mol. The van der Waals surface area contributed by atoms with Crippen molar-refractivity contribution in [1.82, 2.24) is 15.0 Å². The largest absolute Gasteiger partial charge is 0.394 e. The maximum atomic E-state index is 13.1. The molecule has 1 saturated heterocycles. The second kappa shape index (κ2) is 7.73. The number of aliphatic hydroxyl groups excluding tert-OH is 1. The molecule has 0 radical (unpaired) electrons. The molecule has 6 nitrogen and oxygen atoms in total. The number of amides is 1. The summed E-state index contributed by atoms with van der Waals surface area (Å²) in [5, 5.41) is 15.7. The summed E-state index contributed by atoms with van der Waals surface area (Å²) in [5.74, 6) is 0.992. The molecule has 1 N–H and O–H groups in total. The van der Waals surface area contributed by atoms with Crippen LogP contribution in [0.25, 0.3) is 0 Å². The van der Waals surface area contributed by atoms with Crippen LogP contribution in [-0.2, 0) is 19.5 Å². The zero-order valence-corrected chi connectivity index (χ0v) is 16.8. The van der Waals surface area contributed by atoms with Gasteiger partial charge in [0.1, 0.15) is 5.76 Å². The van der Waals surface area contributed by atoms with Crippen LogP contribution in [0.4, 0.5) is 0 Å². The van der Waals surface area contributed by atoms with Crippen LogP contribution in [0.15, 0.2) is 9.90 Å². The van der Waals surface area contributed by atoms with Gasteiger partial charge >= 0.3 is 0 Å². The Morgan fingerprint density at radius 3 is 2.96 bits per heavy atom. The van der Waals surface area contributed by atoms with Gasteiger partial charge in [-0.1, -0.05) is 5.16 Å². The number of hydrogen-bond acceptors (Lipinski definition) is 6. The summed E-state index contributed by atoms with van der Waals surface area (Å²) in [6.45, 7) is 7.39. The summed E-state index contributed by atoms with van der Waals surface area (Å²) < 4.78 is 5.29. The summed E-state index contributed by atoms with van der Waals surface area (Å²) in [6, 6.07) is -0.0265. The molecule has 0 bridgehead atoms. The third kappa shape index (κ3) is 3.56. The van der Waals surface area contributed by atoms with E-state index in [4.69, 9.17) is 4.52 Å². The first kappa shape index (κ1) is 18.7. The molecule has 2 aromatic heterocycles. The molecule has 1 atom stereocenters. The molecule has 0 spiro atoms. The smallest absolute Gasteiger partial charge is 0.255 e. The van der Waals surface area contributed by atoms with Crippen LogP contribution in [0.2, 0.25) is 0 Å². The summed E-state index contributed by atoms with van der Waals surface area (Å²) in [5.41, 5.74) is 4.19. The number of carbonyl (C=O) groups is 1. The Morgan fingerprint density at radius 1 is 1.37 bits per heavy atom. The second-order valence-electron chi connectivity index (χ2n) is 7.65. The SMILES string of the molecule is Cc1noc(C)c1CN1CCc2c(C(=O)N3CCCC[C@@H]3CO)csc2C1. The number of hydrogen-bond donors (Lipinski definition) is 1. The van der Waals surface area contributed by atoms with E-state index in [1.54, 1.807) is 11.3 Å². The van der Waals surface area contributed by atoms with E-state index in [1.165, 1.54) is 16.0 Å². The molecular formula is C20H27N3O3S. The molecule has 4 heterocycles. The van der Waals surface area contributed by atoms with Crippen LogP contribution in [-0.4, -0.2) is 51.7 Å². The Labute approximate surface area is 163 Å². The lowest BCUT2D eigenvalue weighted by Gasteiger charge is -2.35. The van der Waals surface area contributed by atoms with Gasteiger partial charge in [-0.2, -0.15) is 0 Å². The van der Waals surface area contributed by atoms with Crippen LogP contribution >= 0.6 is 11.3 Å². The first-order valence-electron chi connectivity index (χ1n) is 9.73. The summed E-state index contributed by atoms with van der Waals surface area (Å²) in [6.07, 6.45) is 3.91. The van der Waals surface area contributed by atoms with E-state index in [-0.39, 0.29) is 18.6 Å². The number of fused-ring (bicyclic) bond motifs is 1. The van der Waals surface area contributed by atoms with Gasteiger partial charge in [0, 0.05) is 42.0 Å². The highest BCUT2D eigenvalue weighted by Gasteiger charge is 2.31. The van der Waals surface area contributed by atoms with E-state index < -0.39 is 0 Å². The number of carbonyl (C=O) groups excluding carboxylic acids is 1. The molecule has 4 rings (SSSR count). The van der Waals surface area contributed by atoms with Gasteiger partial charge in [-0.25, -0.2) is 0 Å². The zero-order chi connectivity index (χ0) is 19.0. The van der Waals surface area contributed by atoms with Gasteiger partial charge in [0.15, 0.2) is 0 Å². The number of piperidine rings is 1. The Hall–Kier alpha value is -1.70. The fourth-order valence-corrected chi connectivity index (χ4v) is 5.37. The topological polar surface area (TPSA) is 69.8 Å². The molecule has 146 valence electrons. The van der Waals surface area contributed by atoms with Crippen molar-refractivity contribution >= 4 is 17.2 Å². The Kier molecular flexibility index (Phi) is 5.34. The lowest BCUT2D eigenvalue weighted by molar-refractivity contribution is 0.0502. The van der Waals surface area contributed by atoms with E-state index in [0.717, 1.165) is 68.9 Å². The first-order valence-corrected chi connectivity index (χ1v) is 10.6. The lowest BCUT2D eigenvalue weighted by Crippen LogP contribution is -2.46. The summed E-state index contributed by atoms with van der Waals surface area (Å²) in [7, 11) is 0. The number of likely N-dealkylation sites (tertiary alicyclic amines) is 1. The summed E-state index contributed by atoms with van der Waals surface area (Å²) in [4.78, 5) is 18.7. The van der Waals surface area contributed by atoms with Crippen LogP contribution in [0, 0.1) is 13.8 Å². The van der Waals surface area contributed by atoms with Crippen molar-refractivity contribution in [2.45, 2.75) is 58.7 Å². The van der Waals surface area contributed by atoms with Gasteiger partial charge in [0.25, 0.3) is 5.91 Å². The number of aryl methyl sites for hydroxylation is 2. The lowest BCUT2D eigenvalue weighted by atomic mass is 9.98. The maximum absolute atomic E-state index is 13.1. The maximum Gasteiger partial charge on any atom is 0.255 e. The molecular weight excluding hydrogens is 362 g/mol. The van der Waals surface area contributed by atoms with E-state index in [9.17, 15) is 9.90 Å². The normalized spacial score (nSPS) is 20.7. The fourth-order valence-electron chi connectivity index (χ4n) is 4.26. The Morgan fingerprint density at radius 2 is 2.22 bits per heavy atom. The Bertz CT molecular complexity index is 809. The van der Waals surface area contributed by atoms with E-state index in [1.807, 2.05) is 24.1 Å². The molecule has 2 aliphatic rings. The highest BCUT2D eigenvalue weighted by molar-refractivity contribution is 7.10. The average molecular weight is 390 g/mol. The van der Waals surface area contributed by atoms with Crippen LogP contribution in [0.1, 0.15) is 57.1 Å². The minimum Gasteiger partial charge on any atom is -0.394 e. The van der Waals surface area contributed by atoms with Crippen LogP contribution < -0.4 is 0 Å². The summed E-state index contributed by atoms with van der Waals surface area (Å²) >= 11 is 1.69. The van der Waals surface area contributed by atoms with Crippen molar-refractivity contribution in [3.63, 3.8) is 0 Å². The van der Waals surface area contributed by atoms with Crippen molar-refractivity contribution in [1.29, 1.82) is 0 Å². The molecule has 0 saturated carbocycles. The molecule has 2 aromatic rings. The first-order chi connectivity index (χ1) is 13.1. The molecule has 7 heteroatoms. The Balaban J connectivity index is 1.49. The van der Waals surface area contributed by atoms with Crippen molar-refractivity contribution in [2.75, 3.05) is 19.7 Å². The second-order valence-corrected chi connectivity index (χ2v) is 8.61.